The third kappa shape index (κ3) is 3.06. The summed E-state index contributed by atoms with van der Waals surface area (Å²) >= 11 is 0. The lowest BCUT2D eigenvalue weighted by molar-refractivity contribution is -0.00000441. The van der Waals surface area contributed by atoms with Crippen molar-refractivity contribution in [2.75, 3.05) is 0 Å². The zero-order valence-electron chi connectivity index (χ0n) is 11.2. The SMILES string of the molecule is Cc1cc(-c2ccccc2)cc(-c2ccccc2)[o+]1.[Cl-]. The molecule has 1 aromatic heterocycles. The highest BCUT2D eigenvalue weighted by molar-refractivity contribution is 5.69. The highest BCUT2D eigenvalue weighted by Crippen LogP contribution is 2.27. The Morgan fingerprint density at radius 2 is 1.20 bits per heavy atom. The molecule has 3 aromatic rings. The van der Waals surface area contributed by atoms with E-state index in [2.05, 4.69) is 48.5 Å². The van der Waals surface area contributed by atoms with E-state index < -0.39 is 0 Å². The molecule has 3 rings (SSSR count). The highest BCUT2D eigenvalue weighted by Gasteiger charge is 2.15. The van der Waals surface area contributed by atoms with Crippen LogP contribution in [-0.4, -0.2) is 0 Å². The van der Waals surface area contributed by atoms with Gasteiger partial charge in [0.15, 0.2) is 0 Å². The molecule has 0 atom stereocenters. The van der Waals surface area contributed by atoms with Crippen LogP contribution in [0.25, 0.3) is 22.5 Å². The van der Waals surface area contributed by atoms with Gasteiger partial charge in [0, 0.05) is 11.6 Å². The quantitative estimate of drug-likeness (QED) is 0.656. The van der Waals surface area contributed by atoms with Crippen LogP contribution < -0.4 is 12.4 Å². The fourth-order valence-corrected chi connectivity index (χ4v) is 2.18. The Hall–Kier alpha value is -2.12. The Kier molecular flexibility index (Phi) is 4.54. The summed E-state index contributed by atoms with van der Waals surface area (Å²) in [4.78, 5) is 0. The molecule has 0 amide bonds. The van der Waals surface area contributed by atoms with Gasteiger partial charge in [-0.25, -0.2) is 4.42 Å². The summed E-state index contributed by atoms with van der Waals surface area (Å²) in [5.74, 6) is 1.82. The van der Waals surface area contributed by atoms with Crippen LogP contribution in [0.1, 0.15) is 5.76 Å². The summed E-state index contributed by atoms with van der Waals surface area (Å²) in [5.41, 5.74) is 3.49. The maximum absolute atomic E-state index is 5.83. The minimum atomic E-state index is 0. The van der Waals surface area contributed by atoms with Gasteiger partial charge in [-0.15, -0.1) is 0 Å². The van der Waals surface area contributed by atoms with Gasteiger partial charge in [-0.05, 0) is 17.7 Å². The molecule has 0 radical (unpaired) electrons. The Labute approximate surface area is 125 Å². The second-order valence-corrected chi connectivity index (χ2v) is 4.55. The Morgan fingerprint density at radius 1 is 0.650 bits per heavy atom. The van der Waals surface area contributed by atoms with Crippen LogP contribution in [0.15, 0.2) is 77.2 Å². The Balaban J connectivity index is 0.00000147. The smallest absolute Gasteiger partial charge is 0.360 e. The van der Waals surface area contributed by atoms with Crippen LogP contribution in [0.2, 0.25) is 0 Å². The van der Waals surface area contributed by atoms with Crippen molar-refractivity contribution in [1.29, 1.82) is 0 Å². The Morgan fingerprint density at radius 3 is 1.80 bits per heavy atom. The molecule has 0 spiro atoms. The summed E-state index contributed by atoms with van der Waals surface area (Å²) in [6, 6.07) is 24.7. The van der Waals surface area contributed by atoms with Crippen LogP contribution in [-0.2, 0) is 0 Å². The van der Waals surface area contributed by atoms with E-state index in [1.54, 1.807) is 0 Å². The molecule has 2 aromatic carbocycles. The number of aryl methyl sites for hydroxylation is 1. The fraction of sp³-hybridized carbons (Fsp3) is 0.0556. The fourth-order valence-electron chi connectivity index (χ4n) is 2.18. The molecule has 2 heteroatoms. The third-order valence-corrected chi connectivity index (χ3v) is 3.08. The first-order valence-electron chi connectivity index (χ1n) is 6.38. The molecule has 100 valence electrons. The van der Waals surface area contributed by atoms with Gasteiger partial charge in [0.25, 0.3) is 0 Å². The summed E-state index contributed by atoms with van der Waals surface area (Å²) in [6.45, 7) is 1.98. The molecule has 0 N–H and O–H groups in total. The van der Waals surface area contributed by atoms with Crippen molar-refractivity contribution in [3.05, 3.63) is 78.6 Å². The second-order valence-electron chi connectivity index (χ2n) is 4.55. The number of hydrogen-bond donors (Lipinski definition) is 0. The van der Waals surface area contributed by atoms with Crippen LogP contribution in [0.4, 0.5) is 0 Å². The van der Waals surface area contributed by atoms with Crippen molar-refractivity contribution in [1.82, 2.24) is 0 Å². The molecule has 1 heterocycles. The molecular weight excluding hydrogens is 268 g/mol. The van der Waals surface area contributed by atoms with E-state index in [-0.39, 0.29) is 12.4 Å². The molecular formula is C18H15ClO. The van der Waals surface area contributed by atoms with E-state index in [1.165, 1.54) is 11.1 Å². The molecule has 0 aliphatic carbocycles. The molecule has 0 saturated heterocycles. The number of halogens is 1. The van der Waals surface area contributed by atoms with Gasteiger partial charge in [0.2, 0.25) is 0 Å². The molecule has 0 unspecified atom stereocenters. The Bertz CT molecular complexity index is 621. The lowest BCUT2D eigenvalue weighted by atomic mass is 10.0. The maximum atomic E-state index is 5.83. The maximum Gasteiger partial charge on any atom is 0.360 e. The molecule has 0 bridgehead atoms. The van der Waals surface area contributed by atoms with Crippen molar-refractivity contribution in [3.63, 3.8) is 0 Å². The summed E-state index contributed by atoms with van der Waals surface area (Å²) in [7, 11) is 0. The lowest BCUT2D eigenvalue weighted by Gasteiger charge is -2.00. The minimum Gasteiger partial charge on any atom is -1.00 e. The standard InChI is InChI=1S/C18H15O.ClH/c1-14-12-17(15-8-4-2-5-9-15)13-18(19-14)16-10-6-3-7-11-16;/h2-13H,1H3;1H/q+1;/p-1. The second kappa shape index (κ2) is 6.36. The van der Waals surface area contributed by atoms with E-state index in [0.29, 0.717) is 0 Å². The van der Waals surface area contributed by atoms with E-state index in [4.69, 9.17) is 4.42 Å². The predicted octanol–water partition coefficient (Wildman–Crippen LogP) is 2.21. The third-order valence-electron chi connectivity index (χ3n) is 3.08. The average Bonchev–Trinajstić information content (AvgIpc) is 2.48. The van der Waals surface area contributed by atoms with Gasteiger partial charge in [-0.2, -0.15) is 0 Å². The van der Waals surface area contributed by atoms with Crippen molar-refractivity contribution >= 4 is 0 Å². The first kappa shape index (κ1) is 14.3. The van der Waals surface area contributed by atoms with Gasteiger partial charge >= 0.3 is 11.5 Å². The average molecular weight is 283 g/mol. The lowest BCUT2D eigenvalue weighted by Crippen LogP contribution is -3.00. The molecule has 20 heavy (non-hydrogen) atoms. The zero-order chi connectivity index (χ0) is 13.1. The van der Waals surface area contributed by atoms with Crippen molar-refractivity contribution in [2.24, 2.45) is 0 Å². The van der Waals surface area contributed by atoms with Crippen molar-refractivity contribution < 1.29 is 16.8 Å². The molecule has 0 saturated carbocycles. The van der Waals surface area contributed by atoms with Crippen molar-refractivity contribution in [2.45, 2.75) is 6.92 Å². The van der Waals surface area contributed by atoms with E-state index in [1.807, 2.05) is 31.2 Å². The number of benzene rings is 2. The van der Waals surface area contributed by atoms with E-state index in [0.717, 1.165) is 17.1 Å². The van der Waals surface area contributed by atoms with Crippen LogP contribution in [0.3, 0.4) is 0 Å². The first-order chi connectivity index (χ1) is 9.33. The van der Waals surface area contributed by atoms with Crippen LogP contribution in [0, 0.1) is 6.92 Å². The molecule has 0 fully saturated rings. The highest BCUT2D eigenvalue weighted by atomic mass is 35.5. The largest absolute Gasteiger partial charge is 1.00 e. The van der Waals surface area contributed by atoms with Gasteiger partial charge in [-0.1, -0.05) is 48.5 Å². The van der Waals surface area contributed by atoms with E-state index >= 15 is 0 Å². The zero-order valence-corrected chi connectivity index (χ0v) is 12.0. The summed E-state index contributed by atoms with van der Waals surface area (Å²) in [5, 5.41) is 0. The minimum absolute atomic E-state index is 0. The van der Waals surface area contributed by atoms with E-state index in [9.17, 15) is 0 Å². The van der Waals surface area contributed by atoms with Gasteiger partial charge < -0.3 is 12.4 Å². The van der Waals surface area contributed by atoms with Gasteiger partial charge in [-0.3, -0.25) is 0 Å². The molecule has 1 nitrogen and oxygen atoms in total. The number of rotatable bonds is 2. The predicted molar refractivity (Wildman–Crippen MR) is 78.7 cm³/mol. The first-order valence-corrected chi connectivity index (χ1v) is 6.38. The summed E-state index contributed by atoms with van der Waals surface area (Å²) < 4.78 is 5.83. The van der Waals surface area contributed by atoms with Crippen LogP contribution in [0.5, 0.6) is 0 Å². The molecule has 0 aliphatic heterocycles. The normalized spacial score (nSPS) is 9.85. The van der Waals surface area contributed by atoms with Gasteiger partial charge in [0.05, 0.1) is 18.6 Å². The topological polar surface area (TPSA) is 11.3 Å². The number of hydrogen-bond acceptors (Lipinski definition) is 0. The molecule has 0 aliphatic rings. The summed E-state index contributed by atoms with van der Waals surface area (Å²) in [6.07, 6.45) is 0. The van der Waals surface area contributed by atoms with Crippen molar-refractivity contribution in [3.8, 4) is 22.5 Å². The van der Waals surface area contributed by atoms with Gasteiger partial charge in [0.1, 0.15) is 0 Å². The van der Waals surface area contributed by atoms with Crippen LogP contribution >= 0.6 is 0 Å². The monoisotopic (exact) mass is 282 g/mol.